The fourth-order valence-electron chi connectivity index (χ4n) is 2.14. The number of hydrogen-bond donors (Lipinski definition) is 1. The number of aryl methyl sites for hydroxylation is 1. The molecule has 2 nitrogen and oxygen atoms in total. The molecular weight excluding hydrogens is 246 g/mol. The van der Waals surface area contributed by atoms with E-state index in [4.69, 9.17) is 4.74 Å². The summed E-state index contributed by atoms with van der Waals surface area (Å²) in [6.45, 7) is 16.1. The van der Waals surface area contributed by atoms with Crippen LogP contribution in [0.2, 0.25) is 0 Å². The first-order valence-corrected chi connectivity index (χ1v) is 7.75. The van der Waals surface area contributed by atoms with E-state index in [1.807, 2.05) is 0 Å². The second-order valence-corrected chi connectivity index (χ2v) is 7.05. The van der Waals surface area contributed by atoms with Crippen molar-refractivity contribution in [1.29, 1.82) is 0 Å². The van der Waals surface area contributed by atoms with E-state index in [9.17, 15) is 0 Å². The highest BCUT2D eigenvalue weighted by Gasteiger charge is 2.18. The minimum absolute atomic E-state index is 0.124. The molecule has 0 fully saturated rings. The molecule has 0 aliphatic rings. The van der Waals surface area contributed by atoms with Crippen molar-refractivity contribution in [3.63, 3.8) is 0 Å². The van der Waals surface area contributed by atoms with Crippen LogP contribution in [0.1, 0.15) is 52.2 Å². The Bertz CT molecular complexity index is 404. The zero-order valence-electron chi connectivity index (χ0n) is 14.0. The zero-order valence-corrected chi connectivity index (χ0v) is 14.0. The van der Waals surface area contributed by atoms with Crippen molar-refractivity contribution in [2.45, 2.75) is 53.4 Å². The van der Waals surface area contributed by atoms with Crippen LogP contribution in [0.3, 0.4) is 0 Å². The van der Waals surface area contributed by atoms with E-state index in [1.165, 1.54) is 11.1 Å². The van der Waals surface area contributed by atoms with Crippen LogP contribution in [0.25, 0.3) is 0 Å². The van der Waals surface area contributed by atoms with Gasteiger partial charge in [-0.05, 0) is 55.0 Å². The molecule has 1 N–H and O–H groups in total. The molecule has 1 aromatic rings. The van der Waals surface area contributed by atoms with Gasteiger partial charge in [-0.25, -0.2) is 0 Å². The highest BCUT2D eigenvalue weighted by atomic mass is 16.5. The van der Waals surface area contributed by atoms with Gasteiger partial charge in [-0.2, -0.15) is 0 Å². The predicted molar refractivity (Wildman–Crippen MR) is 87.7 cm³/mol. The summed E-state index contributed by atoms with van der Waals surface area (Å²) < 4.78 is 6.01. The Balaban J connectivity index is 2.49. The summed E-state index contributed by atoms with van der Waals surface area (Å²) in [6, 6.07) is 6.52. The van der Waals surface area contributed by atoms with Crippen LogP contribution >= 0.6 is 0 Å². The number of benzene rings is 1. The van der Waals surface area contributed by atoms with Crippen molar-refractivity contribution in [2.75, 3.05) is 19.7 Å². The molecule has 0 unspecified atom stereocenters. The fourth-order valence-corrected chi connectivity index (χ4v) is 2.14. The molecule has 0 saturated carbocycles. The van der Waals surface area contributed by atoms with Gasteiger partial charge in [0.05, 0.1) is 6.61 Å². The lowest BCUT2D eigenvalue weighted by Gasteiger charge is -2.23. The lowest BCUT2D eigenvalue weighted by atomic mass is 9.86. The van der Waals surface area contributed by atoms with Gasteiger partial charge in [0, 0.05) is 0 Å². The Morgan fingerprint density at radius 3 is 2.50 bits per heavy atom. The molecule has 0 atom stereocenters. The van der Waals surface area contributed by atoms with Gasteiger partial charge in [0.15, 0.2) is 0 Å². The third-order valence-electron chi connectivity index (χ3n) is 3.25. The van der Waals surface area contributed by atoms with Crippen molar-refractivity contribution in [3.05, 3.63) is 29.3 Å². The molecule has 20 heavy (non-hydrogen) atoms. The van der Waals surface area contributed by atoms with Crippen LogP contribution in [-0.2, 0) is 5.41 Å². The second-order valence-electron chi connectivity index (χ2n) is 7.05. The zero-order chi connectivity index (χ0) is 15.2. The predicted octanol–water partition coefficient (Wildman–Crippen LogP) is 4.31. The monoisotopic (exact) mass is 277 g/mol. The van der Waals surface area contributed by atoms with Gasteiger partial charge in [-0.3, -0.25) is 0 Å². The first kappa shape index (κ1) is 17.0. The Morgan fingerprint density at radius 1 is 1.20 bits per heavy atom. The molecule has 0 aliphatic heterocycles. The molecule has 0 heterocycles. The summed E-state index contributed by atoms with van der Waals surface area (Å²) in [5.41, 5.74) is 2.67. The van der Waals surface area contributed by atoms with Crippen LogP contribution in [-0.4, -0.2) is 19.7 Å². The van der Waals surface area contributed by atoms with Crippen molar-refractivity contribution in [3.8, 4) is 5.75 Å². The van der Waals surface area contributed by atoms with Crippen LogP contribution in [0.15, 0.2) is 18.2 Å². The molecule has 0 aromatic heterocycles. The molecule has 0 radical (unpaired) electrons. The maximum absolute atomic E-state index is 6.01. The minimum atomic E-state index is 0.124. The summed E-state index contributed by atoms with van der Waals surface area (Å²) in [5, 5.41) is 3.45. The van der Waals surface area contributed by atoms with Crippen molar-refractivity contribution in [1.82, 2.24) is 5.32 Å². The molecular formula is C18H31NO. The summed E-state index contributed by atoms with van der Waals surface area (Å²) in [5.74, 6) is 1.75. The van der Waals surface area contributed by atoms with Crippen molar-refractivity contribution < 1.29 is 4.74 Å². The van der Waals surface area contributed by atoms with Crippen LogP contribution in [0.4, 0.5) is 0 Å². The highest BCUT2D eigenvalue weighted by molar-refractivity contribution is 5.41. The third-order valence-corrected chi connectivity index (χ3v) is 3.25. The maximum atomic E-state index is 6.01. The normalized spacial score (nSPS) is 11.9. The topological polar surface area (TPSA) is 21.3 Å². The van der Waals surface area contributed by atoms with Crippen molar-refractivity contribution in [2.24, 2.45) is 5.92 Å². The Labute approximate surface area is 124 Å². The molecule has 0 aliphatic carbocycles. The summed E-state index contributed by atoms with van der Waals surface area (Å²) >= 11 is 0. The van der Waals surface area contributed by atoms with Crippen LogP contribution in [0, 0.1) is 12.8 Å². The van der Waals surface area contributed by atoms with Crippen LogP contribution in [0.5, 0.6) is 5.75 Å². The maximum Gasteiger partial charge on any atom is 0.123 e. The second kappa shape index (κ2) is 7.68. The van der Waals surface area contributed by atoms with E-state index in [2.05, 4.69) is 65.1 Å². The lowest BCUT2D eigenvalue weighted by Crippen LogP contribution is -2.22. The molecule has 114 valence electrons. The number of rotatable bonds is 7. The summed E-state index contributed by atoms with van der Waals surface area (Å²) in [7, 11) is 0. The standard InChI is InChI=1S/C18H31NO/c1-14(2)13-19-10-7-11-20-17-12-15(3)8-9-16(17)18(4,5)6/h8-9,12,14,19H,7,10-11,13H2,1-6H3. The Kier molecular flexibility index (Phi) is 6.54. The van der Waals surface area contributed by atoms with E-state index in [1.54, 1.807) is 0 Å². The summed E-state index contributed by atoms with van der Waals surface area (Å²) in [6.07, 6.45) is 1.05. The summed E-state index contributed by atoms with van der Waals surface area (Å²) in [4.78, 5) is 0. The number of hydrogen-bond acceptors (Lipinski definition) is 2. The number of nitrogens with one attached hydrogen (secondary N) is 1. The molecule has 0 saturated heterocycles. The van der Waals surface area contributed by atoms with Crippen LogP contribution < -0.4 is 10.1 Å². The fraction of sp³-hybridized carbons (Fsp3) is 0.667. The van der Waals surface area contributed by atoms with E-state index < -0.39 is 0 Å². The van der Waals surface area contributed by atoms with Gasteiger partial charge < -0.3 is 10.1 Å². The molecule has 0 amide bonds. The van der Waals surface area contributed by atoms with E-state index in [0.717, 1.165) is 31.9 Å². The molecule has 1 rings (SSSR count). The SMILES string of the molecule is Cc1ccc(C(C)(C)C)c(OCCCNCC(C)C)c1. The quantitative estimate of drug-likeness (QED) is 0.750. The lowest BCUT2D eigenvalue weighted by molar-refractivity contribution is 0.299. The van der Waals surface area contributed by atoms with E-state index in [0.29, 0.717) is 5.92 Å². The molecule has 2 heteroatoms. The largest absolute Gasteiger partial charge is 0.493 e. The van der Waals surface area contributed by atoms with E-state index in [-0.39, 0.29) is 5.41 Å². The first-order valence-electron chi connectivity index (χ1n) is 7.75. The van der Waals surface area contributed by atoms with Gasteiger partial charge in [-0.1, -0.05) is 46.8 Å². The van der Waals surface area contributed by atoms with E-state index >= 15 is 0 Å². The van der Waals surface area contributed by atoms with Gasteiger partial charge in [0.1, 0.15) is 5.75 Å². The smallest absolute Gasteiger partial charge is 0.123 e. The Morgan fingerprint density at radius 2 is 1.90 bits per heavy atom. The van der Waals surface area contributed by atoms with Gasteiger partial charge in [-0.15, -0.1) is 0 Å². The first-order chi connectivity index (χ1) is 9.30. The molecule has 0 spiro atoms. The third kappa shape index (κ3) is 5.96. The van der Waals surface area contributed by atoms with Gasteiger partial charge >= 0.3 is 0 Å². The average Bonchev–Trinajstić information content (AvgIpc) is 2.31. The molecule has 0 bridgehead atoms. The van der Waals surface area contributed by atoms with Gasteiger partial charge in [0.2, 0.25) is 0 Å². The minimum Gasteiger partial charge on any atom is -0.493 e. The Hall–Kier alpha value is -1.02. The van der Waals surface area contributed by atoms with Gasteiger partial charge in [0.25, 0.3) is 0 Å². The molecule has 1 aromatic carbocycles. The number of ether oxygens (including phenoxy) is 1. The average molecular weight is 277 g/mol. The highest BCUT2D eigenvalue weighted by Crippen LogP contribution is 2.32. The van der Waals surface area contributed by atoms with Crippen molar-refractivity contribution >= 4 is 0 Å².